The van der Waals surface area contributed by atoms with Crippen molar-refractivity contribution in [1.29, 1.82) is 0 Å². The number of aliphatic hydroxyl groups is 2. The van der Waals surface area contributed by atoms with E-state index in [1.165, 1.54) is 0 Å². The minimum Gasteiger partial charge on any atom is -0.395 e. The highest BCUT2D eigenvalue weighted by atomic mass is 28.4. The predicted octanol–water partition coefficient (Wildman–Crippen LogP) is -0.849. The molecule has 0 aromatic heterocycles. The van der Waals surface area contributed by atoms with Crippen LogP contribution in [0.15, 0.2) is 0 Å². The Labute approximate surface area is 98.1 Å². The molecule has 0 radical (unpaired) electrons. The summed E-state index contributed by atoms with van der Waals surface area (Å²) in [7, 11) is 2.17. The zero-order valence-corrected chi connectivity index (χ0v) is 11.3. The second-order valence-corrected chi connectivity index (χ2v) is 6.43. The average molecular weight is 253 g/mol. The Hall–Kier alpha value is -0.0231. The van der Waals surface area contributed by atoms with Gasteiger partial charge in [0.05, 0.1) is 13.2 Å². The number of rotatable bonds is 10. The first-order valence-corrected chi connectivity index (χ1v) is 7.20. The van der Waals surface area contributed by atoms with Gasteiger partial charge in [0.2, 0.25) is 0 Å². The molecule has 0 unspecified atom stereocenters. The highest BCUT2D eigenvalue weighted by Crippen LogP contribution is 2.13. The molecular formula is C9H23NO5Si. The van der Waals surface area contributed by atoms with Crippen LogP contribution in [0.2, 0.25) is 6.04 Å². The van der Waals surface area contributed by atoms with Gasteiger partial charge >= 0.3 is 8.80 Å². The second-order valence-electron chi connectivity index (χ2n) is 3.33. The van der Waals surface area contributed by atoms with Gasteiger partial charge in [-0.3, -0.25) is 4.90 Å². The number of hydrogen-bond acceptors (Lipinski definition) is 6. The van der Waals surface area contributed by atoms with Gasteiger partial charge in [-0.05, 0) is 0 Å². The lowest BCUT2D eigenvalue weighted by atomic mass is 10.5. The SMILES string of the molecule is CO[Si](CCN(CCO)CCO)(OC)OC. The van der Waals surface area contributed by atoms with Crippen molar-refractivity contribution >= 4 is 8.80 Å². The van der Waals surface area contributed by atoms with Gasteiger partial charge in [0.15, 0.2) is 0 Å². The van der Waals surface area contributed by atoms with E-state index in [1.54, 1.807) is 21.3 Å². The quantitative estimate of drug-likeness (QED) is 0.494. The maximum absolute atomic E-state index is 8.86. The summed E-state index contributed by atoms with van der Waals surface area (Å²) in [6.45, 7) is 1.87. The predicted molar refractivity (Wildman–Crippen MR) is 62.2 cm³/mol. The zero-order valence-electron chi connectivity index (χ0n) is 10.3. The molecule has 0 fully saturated rings. The fourth-order valence-electron chi connectivity index (χ4n) is 1.47. The van der Waals surface area contributed by atoms with Crippen molar-refractivity contribution in [1.82, 2.24) is 4.90 Å². The van der Waals surface area contributed by atoms with E-state index in [0.29, 0.717) is 25.7 Å². The Balaban J connectivity index is 4.13. The fourth-order valence-corrected chi connectivity index (χ4v) is 3.17. The monoisotopic (exact) mass is 253 g/mol. The molecule has 0 spiro atoms. The van der Waals surface area contributed by atoms with E-state index < -0.39 is 8.80 Å². The Morgan fingerprint density at radius 3 is 1.62 bits per heavy atom. The van der Waals surface area contributed by atoms with Gasteiger partial charge in [0, 0.05) is 47.0 Å². The van der Waals surface area contributed by atoms with Crippen LogP contribution in [0.4, 0.5) is 0 Å². The van der Waals surface area contributed by atoms with Crippen molar-refractivity contribution in [2.24, 2.45) is 0 Å². The first kappa shape index (κ1) is 16.0. The van der Waals surface area contributed by atoms with E-state index in [2.05, 4.69) is 0 Å². The molecule has 0 amide bonds. The van der Waals surface area contributed by atoms with Crippen molar-refractivity contribution in [3.05, 3.63) is 0 Å². The van der Waals surface area contributed by atoms with Gasteiger partial charge in [0.25, 0.3) is 0 Å². The molecule has 98 valence electrons. The van der Waals surface area contributed by atoms with Gasteiger partial charge in [0.1, 0.15) is 0 Å². The molecule has 0 saturated carbocycles. The van der Waals surface area contributed by atoms with Gasteiger partial charge < -0.3 is 23.5 Å². The van der Waals surface area contributed by atoms with Crippen LogP contribution >= 0.6 is 0 Å². The molecule has 2 N–H and O–H groups in total. The van der Waals surface area contributed by atoms with E-state index in [0.717, 1.165) is 0 Å². The molecule has 0 bridgehead atoms. The number of hydrogen-bond donors (Lipinski definition) is 2. The van der Waals surface area contributed by atoms with Crippen LogP contribution in [0.3, 0.4) is 0 Å². The topological polar surface area (TPSA) is 71.4 Å². The van der Waals surface area contributed by atoms with Crippen molar-refractivity contribution in [2.45, 2.75) is 6.04 Å². The summed E-state index contributed by atoms with van der Waals surface area (Å²) in [5.74, 6) is 0. The summed E-state index contributed by atoms with van der Waals surface area (Å²) >= 11 is 0. The van der Waals surface area contributed by atoms with Crippen LogP contribution in [-0.4, -0.2) is 78.1 Å². The summed E-state index contributed by atoms with van der Waals surface area (Å²) in [5.41, 5.74) is 0. The molecule has 0 aliphatic carbocycles. The van der Waals surface area contributed by atoms with Gasteiger partial charge in [-0.1, -0.05) is 0 Å². The van der Waals surface area contributed by atoms with Crippen molar-refractivity contribution in [3.63, 3.8) is 0 Å². The van der Waals surface area contributed by atoms with E-state index in [4.69, 9.17) is 23.5 Å². The van der Waals surface area contributed by atoms with Gasteiger partial charge in [-0.25, -0.2) is 0 Å². The second kappa shape index (κ2) is 9.05. The Bertz CT molecular complexity index is 154. The maximum Gasteiger partial charge on any atom is 0.501 e. The number of aliphatic hydroxyl groups excluding tert-OH is 2. The highest BCUT2D eigenvalue weighted by Gasteiger charge is 2.37. The van der Waals surface area contributed by atoms with E-state index in [-0.39, 0.29) is 13.2 Å². The lowest BCUT2D eigenvalue weighted by Crippen LogP contribution is -2.46. The lowest BCUT2D eigenvalue weighted by Gasteiger charge is -2.27. The molecule has 0 aromatic rings. The van der Waals surface area contributed by atoms with Crippen LogP contribution < -0.4 is 0 Å². The van der Waals surface area contributed by atoms with Crippen molar-refractivity contribution in [3.8, 4) is 0 Å². The summed E-state index contributed by atoms with van der Waals surface area (Å²) in [5, 5.41) is 17.7. The molecule has 0 saturated heterocycles. The fraction of sp³-hybridized carbons (Fsp3) is 1.00. The third-order valence-electron chi connectivity index (χ3n) is 2.50. The largest absolute Gasteiger partial charge is 0.501 e. The molecule has 6 nitrogen and oxygen atoms in total. The molecular weight excluding hydrogens is 230 g/mol. The zero-order chi connectivity index (χ0) is 12.4. The molecule has 16 heavy (non-hydrogen) atoms. The summed E-state index contributed by atoms with van der Waals surface area (Å²) in [4.78, 5) is 1.94. The molecule has 0 aliphatic rings. The van der Waals surface area contributed by atoms with E-state index in [9.17, 15) is 0 Å². The van der Waals surface area contributed by atoms with E-state index >= 15 is 0 Å². The molecule has 0 heterocycles. The smallest absolute Gasteiger partial charge is 0.395 e. The van der Waals surface area contributed by atoms with Crippen LogP contribution in [0.1, 0.15) is 0 Å². The molecule has 0 aromatic carbocycles. The number of nitrogens with zero attached hydrogens (tertiary/aromatic N) is 1. The third kappa shape index (κ3) is 5.35. The van der Waals surface area contributed by atoms with Crippen LogP contribution in [0.5, 0.6) is 0 Å². The van der Waals surface area contributed by atoms with Gasteiger partial charge in [-0.15, -0.1) is 0 Å². The Morgan fingerprint density at radius 1 is 0.875 bits per heavy atom. The van der Waals surface area contributed by atoms with Crippen molar-refractivity contribution in [2.75, 3.05) is 54.2 Å². The first-order valence-electron chi connectivity index (χ1n) is 5.27. The average Bonchev–Trinajstić information content (AvgIpc) is 2.32. The van der Waals surface area contributed by atoms with Gasteiger partial charge in [-0.2, -0.15) is 0 Å². The molecule has 0 aliphatic heterocycles. The highest BCUT2D eigenvalue weighted by molar-refractivity contribution is 6.60. The third-order valence-corrected chi connectivity index (χ3v) is 5.20. The van der Waals surface area contributed by atoms with Crippen LogP contribution in [0, 0.1) is 0 Å². The lowest BCUT2D eigenvalue weighted by molar-refractivity contribution is 0.112. The summed E-state index contributed by atoms with van der Waals surface area (Å²) in [6.07, 6.45) is 0. The molecule has 0 rings (SSSR count). The Morgan fingerprint density at radius 2 is 1.31 bits per heavy atom. The Kier molecular flexibility index (Phi) is 9.04. The summed E-state index contributed by atoms with van der Waals surface area (Å²) < 4.78 is 15.9. The standard InChI is InChI=1S/C9H23NO5Si/c1-13-16(14-2,15-3)9-6-10(4-7-11)5-8-12/h11-12H,4-9H2,1-3H3. The van der Waals surface area contributed by atoms with Crippen LogP contribution in [0.25, 0.3) is 0 Å². The molecule has 7 heteroatoms. The minimum atomic E-state index is -2.54. The summed E-state index contributed by atoms with van der Waals surface area (Å²) in [6, 6.07) is 0.635. The first-order chi connectivity index (χ1) is 7.67. The maximum atomic E-state index is 8.86. The van der Waals surface area contributed by atoms with Crippen molar-refractivity contribution < 1.29 is 23.5 Å². The molecule has 0 atom stereocenters. The normalized spacial score (nSPS) is 12.4. The van der Waals surface area contributed by atoms with Crippen LogP contribution in [-0.2, 0) is 13.3 Å². The minimum absolute atomic E-state index is 0.0709. The van der Waals surface area contributed by atoms with E-state index in [1.807, 2.05) is 4.90 Å².